The van der Waals surface area contributed by atoms with Gasteiger partial charge in [0.2, 0.25) is 0 Å². The Labute approximate surface area is 77.9 Å². The van der Waals surface area contributed by atoms with Gasteiger partial charge >= 0.3 is 0 Å². The molecule has 0 bridgehead atoms. The second-order valence-corrected chi connectivity index (χ2v) is 4.93. The van der Waals surface area contributed by atoms with E-state index in [-0.39, 0.29) is 0 Å². The zero-order valence-corrected chi connectivity index (χ0v) is 9.41. The molecule has 0 aliphatic rings. The summed E-state index contributed by atoms with van der Waals surface area (Å²) in [6.07, 6.45) is 4.00. The van der Waals surface area contributed by atoms with Gasteiger partial charge in [0.25, 0.3) is 0 Å². The molecule has 0 radical (unpaired) electrons. The van der Waals surface area contributed by atoms with Crippen molar-refractivity contribution in [1.82, 2.24) is 5.32 Å². The van der Waals surface area contributed by atoms with E-state index >= 15 is 0 Å². The van der Waals surface area contributed by atoms with E-state index < -0.39 is 0 Å². The second kappa shape index (κ2) is 5.58. The first-order valence-electron chi connectivity index (χ1n) is 5.14. The fourth-order valence-electron chi connectivity index (χ4n) is 1.38. The van der Waals surface area contributed by atoms with E-state index in [1.807, 2.05) is 7.05 Å². The number of nitrogens with one attached hydrogen (secondary N) is 1. The predicted molar refractivity (Wildman–Crippen MR) is 56.4 cm³/mol. The third kappa shape index (κ3) is 6.66. The highest BCUT2D eigenvalue weighted by Crippen LogP contribution is 2.24. The Morgan fingerprint density at radius 1 is 1.25 bits per heavy atom. The molecule has 0 saturated heterocycles. The van der Waals surface area contributed by atoms with Crippen LogP contribution in [0.2, 0.25) is 0 Å². The van der Waals surface area contributed by atoms with Gasteiger partial charge in [-0.1, -0.05) is 34.1 Å². The summed E-state index contributed by atoms with van der Waals surface area (Å²) in [5.41, 5.74) is 0.501. The Kier molecular flexibility index (Phi) is 5.56. The van der Waals surface area contributed by atoms with Crippen molar-refractivity contribution in [2.75, 3.05) is 13.6 Å². The first-order chi connectivity index (χ1) is 5.49. The summed E-state index contributed by atoms with van der Waals surface area (Å²) in [6, 6.07) is 0. The average Bonchev–Trinajstić information content (AvgIpc) is 1.96. The predicted octanol–water partition coefficient (Wildman–Crippen LogP) is 3.06. The molecule has 0 rings (SSSR count). The summed E-state index contributed by atoms with van der Waals surface area (Å²) in [7, 11) is 2.04. The van der Waals surface area contributed by atoms with Crippen LogP contribution in [0.25, 0.3) is 0 Å². The zero-order chi connectivity index (χ0) is 9.61. The van der Waals surface area contributed by atoms with Crippen LogP contribution in [0.1, 0.15) is 47.0 Å². The van der Waals surface area contributed by atoms with Gasteiger partial charge in [0.05, 0.1) is 0 Å². The number of hydrogen-bond acceptors (Lipinski definition) is 1. The Morgan fingerprint density at radius 3 is 2.17 bits per heavy atom. The maximum Gasteiger partial charge on any atom is -0.00236 e. The van der Waals surface area contributed by atoms with Gasteiger partial charge in [-0.25, -0.2) is 0 Å². The van der Waals surface area contributed by atoms with Crippen molar-refractivity contribution in [3.8, 4) is 0 Å². The standard InChI is InChI=1S/C11H25N/c1-6-10(9-12-5)7-8-11(2,3)4/h10,12H,6-9H2,1-5H3. The highest BCUT2D eigenvalue weighted by molar-refractivity contribution is 4.66. The molecule has 1 N–H and O–H groups in total. The molecule has 1 unspecified atom stereocenters. The van der Waals surface area contributed by atoms with Gasteiger partial charge in [0, 0.05) is 0 Å². The number of hydrogen-bond donors (Lipinski definition) is 1. The Morgan fingerprint density at radius 2 is 1.83 bits per heavy atom. The minimum atomic E-state index is 0.501. The van der Waals surface area contributed by atoms with E-state index in [1.165, 1.54) is 25.8 Å². The van der Waals surface area contributed by atoms with Crippen LogP contribution in [-0.2, 0) is 0 Å². The summed E-state index contributed by atoms with van der Waals surface area (Å²) in [4.78, 5) is 0. The van der Waals surface area contributed by atoms with Gasteiger partial charge in [0.1, 0.15) is 0 Å². The molecule has 1 atom stereocenters. The molecular formula is C11H25N. The monoisotopic (exact) mass is 171 g/mol. The maximum absolute atomic E-state index is 3.25. The van der Waals surface area contributed by atoms with Crippen molar-refractivity contribution in [3.05, 3.63) is 0 Å². The summed E-state index contributed by atoms with van der Waals surface area (Å²) >= 11 is 0. The van der Waals surface area contributed by atoms with E-state index in [0.29, 0.717) is 5.41 Å². The van der Waals surface area contributed by atoms with Crippen molar-refractivity contribution in [3.63, 3.8) is 0 Å². The molecule has 0 aromatic rings. The Bertz CT molecular complexity index is 102. The summed E-state index contributed by atoms with van der Waals surface area (Å²) in [6.45, 7) is 10.4. The first kappa shape index (κ1) is 12.0. The molecule has 1 heteroatoms. The molecular weight excluding hydrogens is 146 g/mol. The van der Waals surface area contributed by atoms with Crippen LogP contribution in [0.5, 0.6) is 0 Å². The van der Waals surface area contributed by atoms with Crippen molar-refractivity contribution in [2.45, 2.75) is 47.0 Å². The quantitative estimate of drug-likeness (QED) is 0.670. The molecule has 0 fully saturated rings. The molecule has 74 valence electrons. The lowest BCUT2D eigenvalue weighted by Crippen LogP contribution is -2.20. The fraction of sp³-hybridized carbons (Fsp3) is 1.00. The Balaban J connectivity index is 3.58. The van der Waals surface area contributed by atoms with E-state index in [4.69, 9.17) is 0 Å². The Hall–Kier alpha value is -0.0400. The largest absolute Gasteiger partial charge is 0.319 e. The van der Waals surface area contributed by atoms with Gasteiger partial charge in [-0.2, -0.15) is 0 Å². The van der Waals surface area contributed by atoms with Crippen molar-refractivity contribution >= 4 is 0 Å². The molecule has 0 aromatic carbocycles. The van der Waals surface area contributed by atoms with Crippen LogP contribution < -0.4 is 5.32 Å². The maximum atomic E-state index is 3.25. The lowest BCUT2D eigenvalue weighted by molar-refractivity contribution is 0.314. The van der Waals surface area contributed by atoms with Crippen LogP contribution in [0.4, 0.5) is 0 Å². The minimum absolute atomic E-state index is 0.501. The molecule has 1 nitrogen and oxygen atoms in total. The summed E-state index contributed by atoms with van der Waals surface area (Å²) in [5, 5.41) is 3.25. The third-order valence-corrected chi connectivity index (χ3v) is 2.37. The first-order valence-corrected chi connectivity index (χ1v) is 5.14. The lowest BCUT2D eigenvalue weighted by Gasteiger charge is -2.22. The van der Waals surface area contributed by atoms with Crippen LogP contribution in [-0.4, -0.2) is 13.6 Å². The molecule has 12 heavy (non-hydrogen) atoms. The smallest absolute Gasteiger partial charge is 0.00236 e. The van der Waals surface area contributed by atoms with Crippen molar-refractivity contribution in [2.24, 2.45) is 11.3 Å². The topological polar surface area (TPSA) is 12.0 Å². The lowest BCUT2D eigenvalue weighted by atomic mass is 9.86. The summed E-state index contributed by atoms with van der Waals surface area (Å²) in [5.74, 6) is 0.870. The second-order valence-electron chi connectivity index (χ2n) is 4.93. The summed E-state index contributed by atoms with van der Waals surface area (Å²) < 4.78 is 0. The van der Waals surface area contributed by atoms with Gasteiger partial charge in [-0.05, 0) is 37.8 Å². The molecule has 0 amide bonds. The highest BCUT2D eigenvalue weighted by Gasteiger charge is 2.13. The zero-order valence-electron chi connectivity index (χ0n) is 9.41. The highest BCUT2D eigenvalue weighted by atomic mass is 14.8. The van der Waals surface area contributed by atoms with E-state index in [1.54, 1.807) is 0 Å². The SMILES string of the molecule is CCC(CCC(C)(C)C)CNC. The normalized spacial score (nSPS) is 14.8. The average molecular weight is 171 g/mol. The van der Waals surface area contributed by atoms with Gasteiger partial charge in [0.15, 0.2) is 0 Å². The van der Waals surface area contributed by atoms with Gasteiger partial charge in [-0.15, -0.1) is 0 Å². The van der Waals surface area contributed by atoms with E-state index in [2.05, 4.69) is 33.0 Å². The molecule has 0 aromatic heterocycles. The minimum Gasteiger partial charge on any atom is -0.319 e. The van der Waals surface area contributed by atoms with Crippen LogP contribution in [0, 0.1) is 11.3 Å². The molecule has 0 heterocycles. The van der Waals surface area contributed by atoms with E-state index in [9.17, 15) is 0 Å². The van der Waals surface area contributed by atoms with E-state index in [0.717, 1.165) is 5.92 Å². The van der Waals surface area contributed by atoms with Crippen molar-refractivity contribution < 1.29 is 0 Å². The molecule has 0 aliphatic carbocycles. The molecule has 0 aliphatic heterocycles. The van der Waals surface area contributed by atoms with Crippen LogP contribution >= 0.6 is 0 Å². The molecule has 0 saturated carbocycles. The molecule has 0 spiro atoms. The third-order valence-electron chi connectivity index (χ3n) is 2.37. The van der Waals surface area contributed by atoms with Crippen molar-refractivity contribution in [1.29, 1.82) is 0 Å². The van der Waals surface area contributed by atoms with Gasteiger partial charge in [-0.3, -0.25) is 0 Å². The number of rotatable bonds is 5. The van der Waals surface area contributed by atoms with Crippen LogP contribution in [0.3, 0.4) is 0 Å². The van der Waals surface area contributed by atoms with Gasteiger partial charge < -0.3 is 5.32 Å². The fourth-order valence-corrected chi connectivity index (χ4v) is 1.38. The van der Waals surface area contributed by atoms with Crippen LogP contribution in [0.15, 0.2) is 0 Å².